The van der Waals surface area contributed by atoms with Gasteiger partial charge >= 0.3 is 0 Å². The summed E-state index contributed by atoms with van der Waals surface area (Å²) in [5.74, 6) is 1.76. The monoisotopic (exact) mass is 231 g/mol. The topological polar surface area (TPSA) is 3.24 Å². The minimum absolute atomic E-state index is 0.817. The summed E-state index contributed by atoms with van der Waals surface area (Å²) in [6.45, 7) is 1.24. The van der Waals surface area contributed by atoms with E-state index in [4.69, 9.17) is 0 Å². The molecule has 1 aliphatic carbocycles. The lowest BCUT2D eigenvalue weighted by molar-refractivity contribution is 0.271. The van der Waals surface area contributed by atoms with Crippen molar-refractivity contribution in [3.8, 4) is 0 Å². The molecule has 0 bridgehead atoms. The van der Waals surface area contributed by atoms with Gasteiger partial charge in [0.05, 0.1) is 0 Å². The van der Waals surface area contributed by atoms with E-state index in [1.807, 2.05) is 0 Å². The lowest BCUT2D eigenvalue weighted by Crippen LogP contribution is -2.20. The van der Waals surface area contributed by atoms with Crippen LogP contribution in [0.15, 0.2) is 30.3 Å². The average molecular weight is 231 g/mol. The largest absolute Gasteiger partial charge is 0.309 e. The first kappa shape index (κ1) is 12.6. The van der Waals surface area contributed by atoms with Crippen molar-refractivity contribution in [3.63, 3.8) is 0 Å². The summed E-state index contributed by atoms with van der Waals surface area (Å²) in [7, 11) is 4.36. The fourth-order valence-corrected chi connectivity index (χ4v) is 3.02. The van der Waals surface area contributed by atoms with Gasteiger partial charge in [-0.1, -0.05) is 43.2 Å². The van der Waals surface area contributed by atoms with E-state index >= 15 is 0 Å². The number of rotatable bonds is 4. The molecule has 0 N–H and O–H groups in total. The molecule has 1 aliphatic rings. The zero-order chi connectivity index (χ0) is 12.1. The molecule has 1 fully saturated rings. The molecule has 0 aliphatic heterocycles. The van der Waals surface area contributed by atoms with Crippen molar-refractivity contribution in [1.29, 1.82) is 0 Å². The second-order valence-corrected chi connectivity index (χ2v) is 5.73. The molecular formula is C16H25N. The molecule has 1 nitrogen and oxygen atoms in total. The molecule has 1 aromatic carbocycles. The van der Waals surface area contributed by atoms with Crippen molar-refractivity contribution in [3.05, 3.63) is 35.9 Å². The summed E-state index contributed by atoms with van der Waals surface area (Å²) in [5.41, 5.74) is 1.56. The number of hydrogen-bond acceptors (Lipinski definition) is 1. The molecule has 1 aromatic rings. The molecule has 94 valence electrons. The van der Waals surface area contributed by atoms with Crippen molar-refractivity contribution in [2.24, 2.45) is 5.92 Å². The van der Waals surface area contributed by atoms with E-state index in [-0.39, 0.29) is 0 Å². The van der Waals surface area contributed by atoms with E-state index in [1.54, 1.807) is 5.56 Å². The van der Waals surface area contributed by atoms with Gasteiger partial charge in [-0.05, 0) is 57.3 Å². The first-order valence-corrected chi connectivity index (χ1v) is 6.95. The second kappa shape index (κ2) is 6.20. The van der Waals surface area contributed by atoms with E-state index in [0.717, 1.165) is 11.8 Å². The fraction of sp³-hybridized carbons (Fsp3) is 0.625. The minimum Gasteiger partial charge on any atom is -0.309 e. The van der Waals surface area contributed by atoms with Crippen LogP contribution >= 0.6 is 0 Å². The summed E-state index contributed by atoms with van der Waals surface area (Å²) >= 11 is 0. The summed E-state index contributed by atoms with van der Waals surface area (Å²) in [5, 5.41) is 0. The van der Waals surface area contributed by atoms with Crippen molar-refractivity contribution in [2.75, 3.05) is 20.6 Å². The molecular weight excluding hydrogens is 206 g/mol. The molecule has 0 spiro atoms. The molecule has 0 aromatic heterocycles. The second-order valence-electron chi connectivity index (χ2n) is 5.73. The van der Waals surface area contributed by atoms with Crippen LogP contribution in [-0.2, 0) is 0 Å². The molecule has 0 saturated heterocycles. The van der Waals surface area contributed by atoms with Crippen molar-refractivity contribution in [2.45, 2.75) is 38.0 Å². The Balaban J connectivity index is 1.89. The summed E-state index contributed by atoms with van der Waals surface area (Å²) < 4.78 is 0. The number of hydrogen-bond donors (Lipinski definition) is 0. The van der Waals surface area contributed by atoms with Gasteiger partial charge in [0.15, 0.2) is 0 Å². The van der Waals surface area contributed by atoms with Crippen LogP contribution in [0.1, 0.15) is 43.6 Å². The average Bonchev–Trinajstić information content (AvgIpc) is 2.38. The van der Waals surface area contributed by atoms with Gasteiger partial charge in [0.2, 0.25) is 0 Å². The maximum absolute atomic E-state index is 2.31. The van der Waals surface area contributed by atoms with Crippen LogP contribution in [0.3, 0.4) is 0 Å². The van der Waals surface area contributed by atoms with E-state index < -0.39 is 0 Å². The fourth-order valence-electron chi connectivity index (χ4n) is 3.02. The molecule has 17 heavy (non-hydrogen) atoms. The summed E-state index contributed by atoms with van der Waals surface area (Å²) in [4.78, 5) is 2.31. The normalized spacial score (nSPS) is 25.1. The Morgan fingerprint density at radius 3 is 2.59 bits per heavy atom. The highest BCUT2D eigenvalue weighted by atomic mass is 15.0. The first-order valence-electron chi connectivity index (χ1n) is 6.95. The number of nitrogens with zero attached hydrogens (tertiary/aromatic N) is 1. The highest BCUT2D eigenvalue weighted by molar-refractivity contribution is 5.19. The zero-order valence-corrected chi connectivity index (χ0v) is 11.2. The predicted molar refractivity (Wildman–Crippen MR) is 74.3 cm³/mol. The van der Waals surface area contributed by atoms with Gasteiger partial charge in [-0.25, -0.2) is 0 Å². The molecule has 1 saturated carbocycles. The zero-order valence-electron chi connectivity index (χ0n) is 11.2. The third kappa shape index (κ3) is 3.85. The SMILES string of the molecule is CN(C)CC[C@@H]1CCC[C@H](c2ccccc2)C1. The molecule has 0 heterocycles. The van der Waals surface area contributed by atoms with Crippen LogP contribution in [0.4, 0.5) is 0 Å². The molecule has 2 rings (SSSR count). The van der Waals surface area contributed by atoms with Crippen LogP contribution in [-0.4, -0.2) is 25.5 Å². The Kier molecular flexibility index (Phi) is 4.61. The van der Waals surface area contributed by atoms with Gasteiger partial charge in [0, 0.05) is 0 Å². The van der Waals surface area contributed by atoms with Crippen LogP contribution in [0.2, 0.25) is 0 Å². The highest BCUT2D eigenvalue weighted by Gasteiger charge is 2.22. The van der Waals surface area contributed by atoms with Crippen LogP contribution in [0.5, 0.6) is 0 Å². The Hall–Kier alpha value is -0.820. The van der Waals surface area contributed by atoms with Crippen molar-refractivity contribution < 1.29 is 0 Å². The minimum atomic E-state index is 0.817. The summed E-state index contributed by atoms with van der Waals surface area (Å²) in [6, 6.07) is 11.1. The Labute approximate surface area is 106 Å². The van der Waals surface area contributed by atoms with Crippen LogP contribution < -0.4 is 0 Å². The van der Waals surface area contributed by atoms with Gasteiger partial charge in [-0.2, -0.15) is 0 Å². The van der Waals surface area contributed by atoms with Crippen LogP contribution in [0.25, 0.3) is 0 Å². The van der Waals surface area contributed by atoms with E-state index in [9.17, 15) is 0 Å². The van der Waals surface area contributed by atoms with E-state index in [1.165, 1.54) is 38.6 Å². The third-order valence-corrected chi connectivity index (χ3v) is 4.04. The maximum Gasteiger partial charge on any atom is -0.00222 e. The Bertz CT molecular complexity index is 318. The van der Waals surface area contributed by atoms with Gasteiger partial charge in [-0.3, -0.25) is 0 Å². The van der Waals surface area contributed by atoms with Gasteiger partial charge < -0.3 is 4.90 Å². The molecule has 2 atom stereocenters. The highest BCUT2D eigenvalue weighted by Crippen LogP contribution is 2.37. The molecule has 0 radical (unpaired) electrons. The molecule has 1 heteroatoms. The van der Waals surface area contributed by atoms with Crippen LogP contribution in [0, 0.1) is 5.92 Å². The maximum atomic E-state index is 2.31. The van der Waals surface area contributed by atoms with Gasteiger partial charge in [-0.15, -0.1) is 0 Å². The van der Waals surface area contributed by atoms with Crippen molar-refractivity contribution in [1.82, 2.24) is 4.90 Å². The molecule has 0 unspecified atom stereocenters. The van der Waals surface area contributed by atoms with Crippen molar-refractivity contribution >= 4 is 0 Å². The predicted octanol–water partition coefficient (Wildman–Crippen LogP) is 3.91. The lowest BCUT2D eigenvalue weighted by atomic mass is 9.77. The Morgan fingerprint density at radius 2 is 1.88 bits per heavy atom. The smallest absolute Gasteiger partial charge is 0.00222 e. The lowest BCUT2D eigenvalue weighted by Gasteiger charge is -2.30. The number of benzene rings is 1. The Morgan fingerprint density at radius 1 is 1.12 bits per heavy atom. The van der Waals surface area contributed by atoms with Gasteiger partial charge in [0.25, 0.3) is 0 Å². The quantitative estimate of drug-likeness (QED) is 0.759. The third-order valence-electron chi connectivity index (χ3n) is 4.04. The summed E-state index contributed by atoms with van der Waals surface area (Å²) in [6.07, 6.45) is 7.02. The van der Waals surface area contributed by atoms with E-state index in [0.29, 0.717) is 0 Å². The first-order chi connectivity index (χ1) is 8.25. The standard InChI is InChI=1S/C16H25N/c1-17(2)12-11-14-7-6-10-16(13-14)15-8-4-3-5-9-15/h3-5,8-9,14,16H,6-7,10-13H2,1-2H3/t14-,16-/m0/s1. The van der Waals surface area contributed by atoms with E-state index in [2.05, 4.69) is 49.3 Å². The molecule has 0 amide bonds. The van der Waals surface area contributed by atoms with Gasteiger partial charge in [0.1, 0.15) is 0 Å².